The molecule has 144 valence electrons. The van der Waals surface area contributed by atoms with Gasteiger partial charge in [0, 0.05) is 34.4 Å². The first-order valence-electron chi connectivity index (χ1n) is 8.27. The van der Waals surface area contributed by atoms with Gasteiger partial charge in [-0.1, -0.05) is 0 Å². The van der Waals surface area contributed by atoms with Gasteiger partial charge in [-0.2, -0.15) is 0 Å². The zero-order valence-electron chi connectivity index (χ0n) is 14.6. The second-order valence-corrected chi connectivity index (χ2v) is 7.66. The van der Waals surface area contributed by atoms with Crippen LogP contribution in [-0.2, 0) is 22.7 Å². The molecule has 0 spiro atoms. The van der Waals surface area contributed by atoms with E-state index in [0.717, 1.165) is 0 Å². The van der Waals surface area contributed by atoms with Crippen LogP contribution in [0, 0.1) is 0 Å². The topological polar surface area (TPSA) is 155 Å². The zero-order valence-corrected chi connectivity index (χ0v) is 15.4. The van der Waals surface area contributed by atoms with E-state index in [1.165, 1.54) is 17.8 Å². The van der Waals surface area contributed by atoms with E-state index < -0.39 is 18.1 Å². The van der Waals surface area contributed by atoms with Crippen LogP contribution in [0.5, 0.6) is 0 Å². The molecule has 1 amide bonds. The fourth-order valence-corrected chi connectivity index (χ4v) is 4.72. The molecule has 1 aromatic heterocycles. The minimum Gasteiger partial charge on any atom is -0.480 e. The van der Waals surface area contributed by atoms with Gasteiger partial charge in [0.15, 0.2) is 5.78 Å². The first-order valence-corrected chi connectivity index (χ1v) is 9.32. The maximum atomic E-state index is 12.7. The average molecular weight is 393 g/mol. The number of carbonyl (C=O) groups is 4. The normalized spacial score (nSPS) is 19.3. The highest BCUT2D eigenvalue weighted by Gasteiger charge is 2.39. The van der Waals surface area contributed by atoms with Gasteiger partial charge < -0.3 is 25.9 Å². The Balaban J connectivity index is 2.02. The van der Waals surface area contributed by atoms with Gasteiger partial charge in [0.1, 0.15) is 18.3 Å². The lowest BCUT2D eigenvalue weighted by molar-refractivity contribution is -0.137. The van der Waals surface area contributed by atoms with Crippen molar-refractivity contribution in [1.29, 1.82) is 0 Å². The molecule has 9 nitrogen and oxygen atoms in total. The molecule has 0 saturated carbocycles. The van der Waals surface area contributed by atoms with Gasteiger partial charge in [0.25, 0.3) is 0 Å². The Bertz CT molecular complexity index is 888. The number of hydrogen-bond acceptors (Lipinski definition) is 7. The second-order valence-electron chi connectivity index (χ2n) is 6.42. The summed E-state index contributed by atoms with van der Waals surface area (Å²) < 4.78 is 6.69. The second kappa shape index (κ2) is 7.20. The number of thioether (sulfide) groups is 1. The van der Waals surface area contributed by atoms with E-state index in [0.29, 0.717) is 35.5 Å². The summed E-state index contributed by atoms with van der Waals surface area (Å²) in [5.74, 6) is -1.50. The van der Waals surface area contributed by atoms with Crippen molar-refractivity contribution >= 4 is 35.4 Å². The minimum atomic E-state index is -1.10. The highest BCUT2D eigenvalue weighted by Crippen LogP contribution is 2.45. The summed E-state index contributed by atoms with van der Waals surface area (Å²) in [5, 5.41) is 8.80. The summed E-state index contributed by atoms with van der Waals surface area (Å²) in [5.41, 5.74) is 12.7. The molecule has 2 heterocycles. The number of carbonyl (C=O) groups excluding carboxylic acids is 3. The predicted molar refractivity (Wildman–Crippen MR) is 96.6 cm³/mol. The van der Waals surface area contributed by atoms with Gasteiger partial charge in [0.05, 0.1) is 5.56 Å². The molecule has 2 aliphatic rings. The number of Topliss-reactive ketones (excluding diaryl/α,β-unsaturated/α-hetero) is 1. The first-order chi connectivity index (χ1) is 12.7. The van der Waals surface area contributed by atoms with Crippen LogP contribution in [0.2, 0.25) is 0 Å². The number of rotatable bonds is 6. The number of carboxylic acid groups (broad SMARTS) is 1. The molecule has 27 heavy (non-hydrogen) atoms. The maximum Gasteiger partial charge on any atom is 0.404 e. The van der Waals surface area contributed by atoms with E-state index in [9.17, 15) is 19.2 Å². The number of aromatic nitrogens is 1. The standard InChI is InChI=1S/C17H19N3O6S/c1-7-4-10(21)12-8(5-26-17(19)25)13-11(27-6-9(18)16(23)24)2-3-20(13)14(12)15(7)22/h4,9,11H,2-3,5-6,18H2,1H3,(H2,19,25)(H,23,24)/t9-,11?/m1/s1. The van der Waals surface area contributed by atoms with Crippen molar-refractivity contribution in [3.8, 4) is 0 Å². The average Bonchev–Trinajstić information content (AvgIpc) is 3.14. The Kier molecular flexibility index (Phi) is 5.11. The van der Waals surface area contributed by atoms with Crippen molar-refractivity contribution in [2.75, 3.05) is 5.75 Å². The molecule has 0 radical (unpaired) electrons. The van der Waals surface area contributed by atoms with Gasteiger partial charge in [-0.3, -0.25) is 14.4 Å². The third-order valence-electron chi connectivity index (χ3n) is 4.65. The van der Waals surface area contributed by atoms with E-state index in [1.807, 2.05) is 0 Å². The fraction of sp³-hybridized carbons (Fsp3) is 0.412. The number of nitrogens with two attached hydrogens (primary N) is 2. The summed E-state index contributed by atoms with van der Waals surface area (Å²) in [6.45, 7) is 1.85. The van der Waals surface area contributed by atoms with Gasteiger partial charge in [0.2, 0.25) is 5.78 Å². The Morgan fingerprint density at radius 2 is 2.15 bits per heavy atom. The van der Waals surface area contributed by atoms with Crippen molar-refractivity contribution in [1.82, 2.24) is 4.57 Å². The third-order valence-corrected chi connectivity index (χ3v) is 6.06. The van der Waals surface area contributed by atoms with Gasteiger partial charge in [-0.15, -0.1) is 11.8 Å². The SMILES string of the molecule is CC1=CC(=O)c2c(COC(N)=O)c3n(c2C1=O)CCC3SC[C@@H](N)C(=O)O. The lowest BCUT2D eigenvalue weighted by Crippen LogP contribution is -2.32. The number of amides is 1. The summed E-state index contributed by atoms with van der Waals surface area (Å²) >= 11 is 1.34. The van der Waals surface area contributed by atoms with Crippen LogP contribution in [0.1, 0.15) is 50.7 Å². The molecule has 1 aliphatic carbocycles. The smallest absolute Gasteiger partial charge is 0.404 e. The van der Waals surface area contributed by atoms with Crippen LogP contribution in [-0.4, -0.2) is 45.1 Å². The number of ketones is 2. The van der Waals surface area contributed by atoms with E-state index in [1.54, 1.807) is 11.5 Å². The number of ether oxygens (including phenoxy) is 1. The molecule has 2 atom stereocenters. The van der Waals surface area contributed by atoms with Crippen molar-refractivity contribution in [3.05, 3.63) is 34.2 Å². The molecule has 0 aromatic carbocycles. The van der Waals surface area contributed by atoms with E-state index in [-0.39, 0.29) is 34.7 Å². The van der Waals surface area contributed by atoms with Crippen LogP contribution < -0.4 is 11.5 Å². The van der Waals surface area contributed by atoms with E-state index in [4.69, 9.17) is 21.3 Å². The molecule has 0 saturated heterocycles. The van der Waals surface area contributed by atoms with E-state index in [2.05, 4.69) is 0 Å². The Morgan fingerprint density at radius 1 is 1.44 bits per heavy atom. The molecule has 1 aliphatic heterocycles. The number of allylic oxidation sites excluding steroid dienone is 2. The predicted octanol–water partition coefficient (Wildman–Crippen LogP) is 0.999. The van der Waals surface area contributed by atoms with Gasteiger partial charge in [-0.25, -0.2) is 4.79 Å². The summed E-state index contributed by atoms with van der Waals surface area (Å²) in [7, 11) is 0. The molecule has 0 fully saturated rings. The number of aliphatic carboxylic acids is 1. The largest absolute Gasteiger partial charge is 0.480 e. The molecule has 1 aromatic rings. The fourth-order valence-electron chi connectivity index (χ4n) is 3.44. The van der Waals surface area contributed by atoms with Crippen molar-refractivity contribution in [2.45, 2.75) is 37.8 Å². The summed E-state index contributed by atoms with van der Waals surface area (Å²) in [6, 6.07) is -1.02. The molecule has 10 heteroatoms. The van der Waals surface area contributed by atoms with Crippen LogP contribution in [0.4, 0.5) is 4.79 Å². The quantitative estimate of drug-likeness (QED) is 0.646. The number of carboxylic acids is 1. The third kappa shape index (κ3) is 3.37. The molecule has 1 unspecified atom stereocenters. The Morgan fingerprint density at radius 3 is 2.78 bits per heavy atom. The van der Waals surface area contributed by atoms with Crippen LogP contribution in [0.15, 0.2) is 11.6 Å². The van der Waals surface area contributed by atoms with Crippen molar-refractivity contribution in [3.63, 3.8) is 0 Å². The molecule has 0 bridgehead atoms. The van der Waals surface area contributed by atoms with Crippen LogP contribution in [0.25, 0.3) is 0 Å². The minimum absolute atomic E-state index is 0.172. The number of nitrogens with zero attached hydrogens (tertiary/aromatic N) is 1. The monoisotopic (exact) mass is 393 g/mol. The number of primary amides is 1. The van der Waals surface area contributed by atoms with Crippen LogP contribution in [0.3, 0.4) is 0 Å². The number of fused-ring (bicyclic) bond motifs is 3. The zero-order chi connectivity index (χ0) is 19.9. The van der Waals surface area contributed by atoms with Crippen molar-refractivity contribution in [2.24, 2.45) is 11.5 Å². The molecular formula is C17H19N3O6S. The summed E-state index contributed by atoms with van der Waals surface area (Å²) in [4.78, 5) is 47.3. The van der Waals surface area contributed by atoms with Gasteiger partial charge >= 0.3 is 12.1 Å². The Hall–Kier alpha value is -2.59. The number of hydrogen-bond donors (Lipinski definition) is 3. The molecule has 5 N–H and O–H groups in total. The Labute approximate surface area is 158 Å². The van der Waals surface area contributed by atoms with Crippen molar-refractivity contribution < 1.29 is 29.0 Å². The lowest BCUT2D eigenvalue weighted by Gasteiger charge is -2.15. The highest BCUT2D eigenvalue weighted by atomic mass is 32.2. The highest BCUT2D eigenvalue weighted by molar-refractivity contribution is 7.99. The molecular weight excluding hydrogens is 374 g/mol. The maximum absolute atomic E-state index is 12.7. The van der Waals surface area contributed by atoms with E-state index >= 15 is 0 Å². The van der Waals surface area contributed by atoms with Gasteiger partial charge in [-0.05, 0) is 19.4 Å². The first kappa shape index (κ1) is 19.2. The lowest BCUT2D eigenvalue weighted by atomic mass is 9.92. The summed E-state index contributed by atoms with van der Waals surface area (Å²) in [6.07, 6.45) is 0.935. The van der Waals surface area contributed by atoms with Crippen LogP contribution >= 0.6 is 11.8 Å². The molecule has 3 rings (SSSR count).